The molecule has 0 atom stereocenters. The molecule has 1 heterocycles. The fourth-order valence-corrected chi connectivity index (χ4v) is 0.834. The first-order valence-corrected chi connectivity index (χ1v) is 3.65. The van der Waals surface area contributed by atoms with E-state index in [1.54, 1.807) is 0 Å². The molecule has 0 aliphatic carbocycles. The highest BCUT2D eigenvalue weighted by Crippen LogP contribution is 2.21. The summed E-state index contributed by atoms with van der Waals surface area (Å²) in [6.45, 7) is -0.486. The van der Waals surface area contributed by atoms with Crippen LogP contribution in [0.15, 0.2) is 11.1 Å². The molecular weight excluding hydrogens is 211 g/mol. The number of hydroxylamine groups is 2. The fourth-order valence-electron chi connectivity index (χ4n) is 0.716. The van der Waals surface area contributed by atoms with Gasteiger partial charge >= 0.3 is 12.1 Å². The molecule has 0 aromatic heterocycles. The molecule has 0 bridgehead atoms. The summed E-state index contributed by atoms with van der Waals surface area (Å²) in [7, 11) is 0. The molecule has 1 aliphatic rings. The van der Waals surface area contributed by atoms with Crippen LogP contribution in [0.2, 0.25) is 0 Å². The molecule has 0 radical (unpaired) electrons. The number of carbonyl (C=O) groups is 1. The molecule has 7 heteroatoms. The lowest BCUT2D eigenvalue weighted by Crippen LogP contribution is -2.42. The van der Waals surface area contributed by atoms with Crippen LogP contribution in [0.3, 0.4) is 0 Å². The summed E-state index contributed by atoms with van der Waals surface area (Å²) in [5, 5.41) is 0.512. The van der Waals surface area contributed by atoms with Crippen LogP contribution in [0.1, 0.15) is 0 Å². The molecule has 0 fully saturated rings. The second-order valence-corrected chi connectivity index (χ2v) is 2.77. The van der Waals surface area contributed by atoms with Crippen molar-refractivity contribution in [3.8, 4) is 0 Å². The molecular formula is C6H5ClF3NO2. The van der Waals surface area contributed by atoms with Gasteiger partial charge < -0.3 is 0 Å². The Hall–Kier alpha value is -0.750. The Balaban J connectivity index is 2.61. The number of rotatable bonds is 0. The van der Waals surface area contributed by atoms with E-state index in [0.717, 1.165) is 0 Å². The van der Waals surface area contributed by atoms with Gasteiger partial charge in [0.25, 0.3) is 0 Å². The Labute approximate surface area is 76.7 Å². The summed E-state index contributed by atoms with van der Waals surface area (Å²) in [4.78, 5) is 15.0. The maximum absolute atomic E-state index is 11.8. The maximum atomic E-state index is 11.8. The summed E-state index contributed by atoms with van der Waals surface area (Å²) >= 11 is 5.42. The highest BCUT2D eigenvalue weighted by molar-refractivity contribution is 6.29. The third-order valence-corrected chi connectivity index (χ3v) is 1.57. The molecule has 0 aromatic rings. The average Bonchev–Trinajstić information content (AvgIpc) is 2.03. The summed E-state index contributed by atoms with van der Waals surface area (Å²) in [6.07, 6.45) is -3.62. The van der Waals surface area contributed by atoms with E-state index in [9.17, 15) is 18.0 Å². The fraction of sp³-hybridized carbons (Fsp3) is 0.500. The topological polar surface area (TPSA) is 29.5 Å². The van der Waals surface area contributed by atoms with Gasteiger partial charge in [-0.15, -0.1) is 0 Å². The molecule has 0 unspecified atom stereocenters. The van der Waals surface area contributed by atoms with Gasteiger partial charge in [0.2, 0.25) is 0 Å². The van der Waals surface area contributed by atoms with Crippen LogP contribution in [-0.4, -0.2) is 30.3 Å². The molecule has 13 heavy (non-hydrogen) atoms. The summed E-state index contributed by atoms with van der Waals surface area (Å²) < 4.78 is 35.4. The Kier molecular flexibility index (Phi) is 2.82. The molecule has 1 aliphatic heterocycles. The first-order chi connectivity index (χ1) is 5.91. The van der Waals surface area contributed by atoms with Crippen LogP contribution in [0.4, 0.5) is 13.2 Å². The van der Waals surface area contributed by atoms with Crippen LogP contribution >= 0.6 is 11.6 Å². The second-order valence-electron chi connectivity index (χ2n) is 2.29. The minimum Gasteiger partial charge on any atom is -0.265 e. The smallest absolute Gasteiger partial charge is 0.265 e. The van der Waals surface area contributed by atoms with Gasteiger partial charge in [0.05, 0.1) is 6.54 Å². The lowest BCUT2D eigenvalue weighted by molar-refractivity contribution is -0.227. The van der Waals surface area contributed by atoms with E-state index < -0.39 is 12.1 Å². The number of hydrogen-bond donors (Lipinski definition) is 0. The van der Waals surface area contributed by atoms with Crippen molar-refractivity contribution in [1.29, 1.82) is 0 Å². The summed E-state index contributed by atoms with van der Waals surface area (Å²) in [6, 6.07) is 0. The summed E-state index contributed by atoms with van der Waals surface area (Å²) in [5.41, 5.74) is 0. The zero-order valence-corrected chi connectivity index (χ0v) is 7.02. The Morgan fingerprint density at radius 3 is 2.62 bits per heavy atom. The van der Waals surface area contributed by atoms with Gasteiger partial charge in [0.15, 0.2) is 0 Å². The van der Waals surface area contributed by atoms with Gasteiger partial charge in [-0.3, -0.25) is 9.63 Å². The molecule has 0 saturated heterocycles. The summed E-state index contributed by atoms with van der Waals surface area (Å²) in [5.74, 6) is -2.02. The van der Waals surface area contributed by atoms with Crippen molar-refractivity contribution in [3.05, 3.63) is 11.1 Å². The van der Waals surface area contributed by atoms with Crippen LogP contribution in [0.5, 0.6) is 0 Å². The minimum atomic E-state index is -4.91. The lowest BCUT2D eigenvalue weighted by Gasteiger charge is -2.24. The van der Waals surface area contributed by atoms with E-state index >= 15 is 0 Å². The Bertz CT molecular complexity index is 251. The van der Waals surface area contributed by atoms with Crippen molar-refractivity contribution in [1.82, 2.24) is 5.06 Å². The van der Waals surface area contributed by atoms with Gasteiger partial charge in [0, 0.05) is 5.03 Å². The van der Waals surface area contributed by atoms with E-state index in [0.29, 0.717) is 0 Å². The van der Waals surface area contributed by atoms with E-state index in [4.69, 9.17) is 11.6 Å². The van der Waals surface area contributed by atoms with Crippen molar-refractivity contribution >= 4 is 17.5 Å². The van der Waals surface area contributed by atoms with Crippen molar-refractivity contribution in [2.75, 3.05) is 13.2 Å². The molecule has 0 saturated carbocycles. The molecule has 3 nitrogen and oxygen atoms in total. The first kappa shape index (κ1) is 10.3. The SMILES string of the molecule is O=C(N1CC=C(Cl)CO1)C(F)(F)F. The third-order valence-electron chi connectivity index (χ3n) is 1.31. The van der Waals surface area contributed by atoms with E-state index in [-0.39, 0.29) is 23.2 Å². The van der Waals surface area contributed by atoms with Gasteiger partial charge in [-0.1, -0.05) is 11.6 Å². The molecule has 74 valence electrons. The van der Waals surface area contributed by atoms with Crippen LogP contribution in [-0.2, 0) is 9.63 Å². The third kappa shape index (κ3) is 2.60. The first-order valence-electron chi connectivity index (χ1n) is 3.27. The standard InChI is InChI=1S/C6H5ClF3NO2/c7-4-1-2-11(13-3-4)5(12)6(8,9)10/h1H,2-3H2. The van der Waals surface area contributed by atoms with Crippen LogP contribution < -0.4 is 0 Å². The molecule has 1 rings (SSSR count). The number of hydrogen-bond acceptors (Lipinski definition) is 2. The van der Waals surface area contributed by atoms with Crippen molar-refractivity contribution in [2.24, 2.45) is 0 Å². The van der Waals surface area contributed by atoms with Gasteiger partial charge in [-0.2, -0.15) is 13.2 Å². The minimum absolute atomic E-state index is 0.205. The number of alkyl halides is 3. The van der Waals surface area contributed by atoms with Crippen molar-refractivity contribution in [3.63, 3.8) is 0 Å². The van der Waals surface area contributed by atoms with Gasteiger partial charge in [-0.05, 0) is 6.08 Å². The van der Waals surface area contributed by atoms with Crippen molar-refractivity contribution < 1.29 is 22.8 Å². The molecule has 0 N–H and O–H groups in total. The highest BCUT2D eigenvalue weighted by atomic mass is 35.5. The number of carbonyl (C=O) groups excluding carboxylic acids is 1. The quantitative estimate of drug-likeness (QED) is 0.612. The predicted molar refractivity (Wildman–Crippen MR) is 37.7 cm³/mol. The van der Waals surface area contributed by atoms with Crippen LogP contribution in [0.25, 0.3) is 0 Å². The second kappa shape index (κ2) is 3.55. The number of nitrogens with zero attached hydrogens (tertiary/aromatic N) is 1. The zero-order chi connectivity index (χ0) is 10.1. The van der Waals surface area contributed by atoms with Crippen molar-refractivity contribution in [2.45, 2.75) is 6.18 Å². The highest BCUT2D eigenvalue weighted by Gasteiger charge is 2.43. The Morgan fingerprint density at radius 2 is 2.23 bits per heavy atom. The van der Waals surface area contributed by atoms with Gasteiger partial charge in [-0.25, -0.2) is 5.06 Å². The molecule has 1 amide bonds. The molecule has 0 aromatic carbocycles. The molecule has 0 spiro atoms. The predicted octanol–water partition coefficient (Wildman–Crippen LogP) is 1.45. The van der Waals surface area contributed by atoms with E-state index in [2.05, 4.69) is 4.84 Å². The van der Waals surface area contributed by atoms with E-state index in [1.165, 1.54) is 6.08 Å². The zero-order valence-electron chi connectivity index (χ0n) is 6.27. The van der Waals surface area contributed by atoms with Gasteiger partial charge in [0.1, 0.15) is 6.61 Å². The number of amides is 1. The normalized spacial score (nSPS) is 18.5. The average molecular weight is 216 g/mol. The monoisotopic (exact) mass is 215 g/mol. The number of halogens is 4. The van der Waals surface area contributed by atoms with E-state index in [1.807, 2.05) is 0 Å². The maximum Gasteiger partial charge on any atom is 0.473 e. The van der Waals surface area contributed by atoms with Crippen LogP contribution in [0, 0.1) is 0 Å². The Morgan fingerprint density at radius 1 is 1.62 bits per heavy atom. The lowest BCUT2D eigenvalue weighted by atomic mass is 10.4. The largest absolute Gasteiger partial charge is 0.473 e.